The fourth-order valence-corrected chi connectivity index (χ4v) is 3.05. The highest BCUT2D eigenvalue weighted by atomic mass is 16.5. The molecule has 0 aliphatic carbocycles. The van der Waals surface area contributed by atoms with E-state index in [0.717, 1.165) is 27.7 Å². The lowest BCUT2D eigenvalue weighted by Gasteiger charge is -2.07. The number of nitrogens with zero attached hydrogens (tertiary/aromatic N) is 3. The van der Waals surface area contributed by atoms with Crippen LogP contribution < -0.4 is 15.8 Å². The molecule has 128 valence electrons. The highest BCUT2D eigenvalue weighted by molar-refractivity contribution is 6.02. The molecule has 0 spiro atoms. The second-order valence-electron chi connectivity index (χ2n) is 5.83. The smallest absolute Gasteiger partial charge is 0.153 e. The summed E-state index contributed by atoms with van der Waals surface area (Å²) in [6, 6.07) is 19.5. The van der Waals surface area contributed by atoms with Crippen LogP contribution in [0.2, 0.25) is 0 Å². The van der Waals surface area contributed by atoms with Crippen LogP contribution >= 0.6 is 0 Å². The molecular formula is C20H17N5O. The number of hydrogen-bond donors (Lipinski definition) is 2. The molecule has 0 saturated carbocycles. The maximum absolute atomic E-state index is 9.49. The Hall–Kier alpha value is -3.72. The number of nitrogen functional groups attached to an aromatic ring is 1. The van der Waals surface area contributed by atoms with E-state index in [2.05, 4.69) is 16.5 Å². The predicted octanol–water partition coefficient (Wildman–Crippen LogP) is 4.08. The second-order valence-corrected chi connectivity index (χ2v) is 5.83. The summed E-state index contributed by atoms with van der Waals surface area (Å²) in [5, 5.41) is 19.0. The first-order valence-electron chi connectivity index (χ1n) is 8.31. The monoisotopic (exact) mass is 343 g/mol. The molecule has 0 radical (unpaired) electrons. The average Bonchev–Trinajstić information content (AvgIpc) is 3.08. The van der Waals surface area contributed by atoms with Gasteiger partial charge in [-0.15, -0.1) is 5.10 Å². The highest BCUT2D eigenvalue weighted by Gasteiger charge is 2.14. The third kappa shape index (κ3) is 2.56. The van der Waals surface area contributed by atoms with Crippen molar-refractivity contribution < 1.29 is 4.74 Å². The van der Waals surface area contributed by atoms with Gasteiger partial charge in [0.05, 0.1) is 12.1 Å². The Morgan fingerprint density at radius 1 is 1.15 bits per heavy atom. The maximum atomic E-state index is 9.49. The number of ether oxygens (including phenoxy) is 1. The number of nitrogens with two attached hydrogens (primary N) is 1. The number of benzene rings is 2. The van der Waals surface area contributed by atoms with E-state index in [4.69, 9.17) is 10.5 Å². The summed E-state index contributed by atoms with van der Waals surface area (Å²) >= 11 is 0. The Balaban J connectivity index is 1.79. The molecule has 0 fully saturated rings. The molecular weight excluding hydrogens is 326 g/mol. The van der Waals surface area contributed by atoms with Crippen molar-refractivity contribution in [3.63, 3.8) is 0 Å². The van der Waals surface area contributed by atoms with Crippen LogP contribution in [0.25, 0.3) is 16.3 Å². The van der Waals surface area contributed by atoms with Gasteiger partial charge in [0, 0.05) is 22.5 Å². The van der Waals surface area contributed by atoms with Crippen molar-refractivity contribution in [1.82, 2.24) is 9.61 Å². The van der Waals surface area contributed by atoms with Gasteiger partial charge in [-0.3, -0.25) is 0 Å². The number of nitriles is 1. The zero-order chi connectivity index (χ0) is 18.1. The van der Waals surface area contributed by atoms with Crippen LogP contribution in [0.3, 0.4) is 0 Å². The standard InChI is InChI=1S/C20H17N5O/c1-2-26-14-9-7-13(8-10-14)23-19-11-18-16-6-4-3-5-15(16)17(12-21)20(22)25(18)24-19/h3-11H,2,22H2,1H3,(H,23,24). The van der Waals surface area contributed by atoms with Crippen LogP contribution in [0.15, 0.2) is 54.6 Å². The summed E-state index contributed by atoms with van der Waals surface area (Å²) in [5.41, 5.74) is 8.36. The molecule has 0 unspecified atom stereocenters. The minimum Gasteiger partial charge on any atom is -0.494 e. The molecule has 0 aliphatic rings. The molecule has 0 saturated heterocycles. The molecule has 4 rings (SSSR count). The van der Waals surface area contributed by atoms with Gasteiger partial charge in [-0.2, -0.15) is 5.26 Å². The third-order valence-corrected chi connectivity index (χ3v) is 4.22. The van der Waals surface area contributed by atoms with Crippen molar-refractivity contribution >= 4 is 33.6 Å². The number of pyridine rings is 1. The van der Waals surface area contributed by atoms with Gasteiger partial charge >= 0.3 is 0 Å². The van der Waals surface area contributed by atoms with Gasteiger partial charge in [0.1, 0.15) is 23.2 Å². The molecule has 3 N–H and O–H groups in total. The number of rotatable bonds is 4. The Morgan fingerprint density at radius 2 is 1.88 bits per heavy atom. The average molecular weight is 343 g/mol. The predicted molar refractivity (Wildman–Crippen MR) is 103 cm³/mol. The maximum Gasteiger partial charge on any atom is 0.153 e. The number of nitrogens with one attached hydrogen (secondary N) is 1. The zero-order valence-corrected chi connectivity index (χ0v) is 14.2. The van der Waals surface area contributed by atoms with Gasteiger partial charge in [-0.25, -0.2) is 4.52 Å². The van der Waals surface area contributed by atoms with E-state index in [0.29, 0.717) is 23.8 Å². The van der Waals surface area contributed by atoms with E-state index in [-0.39, 0.29) is 0 Å². The summed E-state index contributed by atoms with van der Waals surface area (Å²) in [7, 11) is 0. The Bertz CT molecular complexity index is 1140. The second kappa shape index (κ2) is 6.30. The summed E-state index contributed by atoms with van der Waals surface area (Å²) < 4.78 is 7.06. The topological polar surface area (TPSA) is 88.4 Å². The summed E-state index contributed by atoms with van der Waals surface area (Å²) in [6.45, 7) is 2.58. The molecule has 26 heavy (non-hydrogen) atoms. The molecule has 0 amide bonds. The van der Waals surface area contributed by atoms with Crippen LogP contribution in [0, 0.1) is 11.3 Å². The molecule has 4 aromatic rings. The van der Waals surface area contributed by atoms with E-state index in [1.165, 1.54) is 0 Å². The van der Waals surface area contributed by atoms with Gasteiger partial charge in [-0.1, -0.05) is 24.3 Å². The molecule has 2 aromatic heterocycles. The van der Waals surface area contributed by atoms with Gasteiger partial charge in [-0.05, 0) is 31.2 Å². The van der Waals surface area contributed by atoms with E-state index < -0.39 is 0 Å². The molecule has 6 heteroatoms. The van der Waals surface area contributed by atoms with Gasteiger partial charge in [0.2, 0.25) is 0 Å². The van der Waals surface area contributed by atoms with Gasteiger partial charge in [0.15, 0.2) is 5.82 Å². The van der Waals surface area contributed by atoms with Crippen LogP contribution in [0.5, 0.6) is 5.75 Å². The number of fused-ring (bicyclic) bond motifs is 3. The van der Waals surface area contributed by atoms with Gasteiger partial charge < -0.3 is 15.8 Å². The fourth-order valence-electron chi connectivity index (χ4n) is 3.05. The lowest BCUT2D eigenvalue weighted by molar-refractivity contribution is 0.340. The first-order chi connectivity index (χ1) is 12.7. The molecule has 0 aliphatic heterocycles. The van der Waals surface area contributed by atoms with Crippen molar-refractivity contribution in [3.8, 4) is 11.8 Å². The fraction of sp³-hybridized carbons (Fsp3) is 0.100. The van der Waals surface area contributed by atoms with Crippen LogP contribution in [0.4, 0.5) is 17.3 Å². The molecule has 0 bridgehead atoms. The van der Waals surface area contributed by atoms with Crippen molar-refractivity contribution in [2.24, 2.45) is 0 Å². The quantitative estimate of drug-likeness (QED) is 0.583. The van der Waals surface area contributed by atoms with Crippen molar-refractivity contribution in [1.29, 1.82) is 5.26 Å². The normalized spacial score (nSPS) is 10.8. The lowest BCUT2D eigenvalue weighted by atomic mass is 10.1. The SMILES string of the molecule is CCOc1ccc(Nc2cc3c4ccccc4c(C#N)c(N)n3n2)cc1. The van der Waals surface area contributed by atoms with Crippen LogP contribution in [-0.2, 0) is 0 Å². The first-order valence-corrected chi connectivity index (χ1v) is 8.31. The van der Waals surface area contributed by atoms with E-state index in [1.54, 1.807) is 4.52 Å². The number of hydrogen-bond acceptors (Lipinski definition) is 5. The zero-order valence-electron chi connectivity index (χ0n) is 14.2. The van der Waals surface area contributed by atoms with Crippen LogP contribution in [0.1, 0.15) is 12.5 Å². The Morgan fingerprint density at radius 3 is 2.58 bits per heavy atom. The minimum atomic E-state index is 0.334. The lowest BCUT2D eigenvalue weighted by Crippen LogP contribution is -2.03. The van der Waals surface area contributed by atoms with Crippen LogP contribution in [-0.4, -0.2) is 16.2 Å². The molecule has 6 nitrogen and oxygen atoms in total. The minimum absolute atomic E-state index is 0.334. The Labute approximate surface area is 150 Å². The van der Waals surface area contributed by atoms with Gasteiger partial charge in [0.25, 0.3) is 0 Å². The number of anilines is 3. The van der Waals surface area contributed by atoms with E-state index >= 15 is 0 Å². The van der Waals surface area contributed by atoms with E-state index in [1.807, 2.05) is 61.5 Å². The summed E-state index contributed by atoms with van der Waals surface area (Å²) in [4.78, 5) is 0. The molecule has 2 aromatic carbocycles. The summed E-state index contributed by atoms with van der Waals surface area (Å²) in [6.07, 6.45) is 0. The van der Waals surface area contributed by atoms with Crippen molar-refractivity contribution in [2.45, 2.75) is 6.92 Å². The highest BCUT2D eigenvalue weighted by Crippen LogP contribution is 2.30. The van der Waals surface area contributed by atoms with E-state index in [9.17, 15) is 5.26 Å². The van der Waals surface area contributed by atoms with Crippen molar-refractivity contribution in [3.05, 3.63) is 60.2 Å². The van der Waals surface area contributed by atoms with Crippen molar-refractivity contribution in [2.75, 3.05) is 17.7 Å². The third-order valence-electron chi connectivity index (χ3n) is 4.22. The largest absolute Gasteiger partial charge is 0.494 e. The summed E-state index contributed by atoms with van der Waals surface area (Å²) in [5.74, 6) is 1.81. The molecule has 0 atom stereocenters. The first kappa shape index (κ1) is 15.8. The Kier molecular flexibility index (Phi) is 3.82. The molecule has 2 heterocycles. The number of aromatic nitrogens is 2.